The number of ketones is 1. The normalized spacial score (nSPS) is 27.2. The second-order valence-electron chi connectivity index (χ2n) is 8.22. The Bertz CT molecular complexity index is 603. The molecule has 0 aromatic heterocycles. The van der Waals surface area contributed by atoms with E-state index in [1.807, 2.05) is 0 Å². The summed E-state index contributed by atoms with van der Waals surface area (Å²) in [5.74, 6) is 1.16. The van der Waals surface area contributed by atoms with Gasteiger partial charge in [0.15, 0.2) is 0 Å². The number of nitrogens with one attached hydrogen (secondary N) is 1. The van der Waals surface area contributed by atoms with E-state index in [4.69, 9.17) is 0 Å². The van der Waals surface area contributed by atoms with Crippen LogP contribution < -0.4 is 5.32 Å². The van der Waals surface area contributed by atoms with Gasteiger partial charge in [-0.25, -0.2) is 0 Å². The number of fused-ring (bicyclic) bond motifs is 2. The molecule has 0 heterocycles. The van der Waals surface area contributed by atoms with Crippen molar-refractivity contribution in [3.63, 3.8) is 0 Å². The molecule has 0 saturated heterocycles. The molecule has 4 atom stereocenters. The molecular formula is C22H31NO2. The number of carbonyl (C=O) groups is 2. The van der Waals surface area contributed by atoms with Crippen LogP contribution in [0.4, 0.5) is 0 Å². The smallest absolute Gasteiger partial charge is 0.223 e. The number of benzene rings is 1. The highest BCUT2D eigenvalue weighted by Gasteiger charge is 2.41. The number of amides is 1. The maximum Gasteiger partial charge on any atom is 0.223 e. The molecule has 2 fully saturated rings. The molecule has 3 rings (SSSR count). The first kappa shape index (κ1) is 18.2. The maximum atomic E-state index is 12.9. The van der Waals surface area contributed by atoms with E-state index < -0.39 is 0 Å². The van der Waals surface area contributed by atoms with Gasteiger partial charge in [-0.1, -0.05) is 51.5 Å². The number of aryl methyl sites for hydroxylation is 1. The van der Waals surface area contributed by atoms with Gasteiger partial charge in [0.25, 0.3) is 0 Å². The van der Waals surface area contributed by atoms with Crippen molar-refractivity contribution in [2.75, 3.05) is 0 Å². The number of Topliss-reactive ketones (excluding diaryl/α,β-unsaturated/α-hetero) is 1. The largest absolute Gasteiger partial charge is 0.349 e. The van der Waals surface area contributed by atoms with Crippen LogP contribution in [0.2, 0.25) is 0 Å². The fourth-order valence-corrected chi connectivity index (χ4v) is 4.56. The van der Waals surface area contributed by atoms with Crippen molar-refractivity contribution in [1.29, 1.82) is 0 Å². The lowest BCUT2D eigenvalue weighted by atomic mass is 9.67. The Morgan fingerprint density at radius 2 is 1.72 bits per heavy atom. The van der Waals surface area contributed by atoms with Crippen molar-refractivity contribution in [2.45, 2.75) is 65.3 Å². The molecule has 2 aliphatic rings. The molecular weight excluding hydrogens is 310 g/mol. The molecule has 25 heavy (non-hydrogen) atoms. The minimum absolute atomic E-state index is 0.00386. The minimum Gasteiger partial charge on any atom is -0.349 e. The van der Waals surface area contributed by atoms with E-state index >= 15 is 0 Å². The Morgan fingerprint density at radius 3 is 2.24 bits per heavy atom. The third kappa shape index (κ3) is 3.96. The highest BCUT2D eigenvalue weighted by atomic mass is 16.2. The quantitative estimate of drug-likeness (QED) is 0.859. The lowest BCUT2D eigenvalue weighted by molar-refractivity contribution is -0.138. The zero-order valence-electron chi connectivity index (χ0n) is 15.8. The van der Waals surface area contributed by atoms with E-state index in [0.29, 0.717) is 11.7 Å². The Morgan fingerprint density at radius 1 is 1.12 bits per heavy atom. The first-order valence-electron chi connectivity index (χ1n) is 9.92. The van der Waals surface area contributed by atoms with E-state index in [-0.39, 0.29) is 29.7 Å². The molecule has 1 N–H and O–H groups in total. The van der Waals surface area contributed by atoms with E-state index in [9.17, 15) is 9.59 Å². The van der Waals surface area contributed by atoms with Crippen LogP contribution >= 0.6 is 0 Å². The molecule has 2 bridgehead atoms. The van der Waals surface area contributed by atoms with Gasteiger partial charge in [-0.3, -0.25) is 9.59 Å². The molecule has 2 aliphatic carbocycles. The van der Waals surface area contributed by atoms with Crippen molar-refractivity contribution in [2.24, 2.45) is 23.7 Å². The Labute approximate surface area is 151 Å². The van der Waals surface area contributed by atoms with Crippen LogP contribution in [0.3, 0.4) is 0 Å². The van der Waals surface area contributed by atoms with Crippen LogP contribution in [0.25, 0.3) is 0 Å². The molecule has 0 radical (unpaired) electrons. The van der Waals surface area contributed by atoms with Crippen LogP contribution in [0.1, 0.15) is 70.0 Å². The van der Waals surface area contributed by atoms with Gasteiger partial charge in [-0.2, -0.15) is 0 Å². The number of hydrogen-bond acceptors (Lipinski definition) is 2. The highest BCUT2D eigenvalue weighted by molar-refractivity contribution is 5.88. The number of rotatable bonds is 5. The molecule has 3 heteroatoms. The fraction of sp³-hybridized carbons (Fsp3) is 0.636. The summed E-state index contributed by atoms with van der Waals surface area (Å²) in [6.07, 6.45) is 5.63. The first-order chi connectivity index (χ1) is 12.0. The Kier molecular flexibility index (Phi) is 5.61. The summed E-state index contributed by atoms with van der Waals surface area (Å²) in [5.41, 5.74) is 2.49. The average molecular weight is 341 g/mol. The first-order valence-corrected chi connectivity index (χ1v) is 9.92. The summed E-state index contributed by atoms with van der Waals surface area (Å²) in [5, 5.41) is 3.29. The van der Waals surface area contributed by atoms with Gasteiger partial charge in [-0.15, -0.1) is 0 Å². The van der Waals surface area contributed by atoms with Gasteiger partial charge in [0.2, 0.25) is 5.91 Å². The molecule has 136 valence electrons. The van der Waals surface area contributed by atoms with Crippen molar-refractivity contribution < 1.29 is 9.59 Å². The molecule has 0 aliphatic heterocycles. The van der Waals surface area contributed by atoms with Crippen molar-refractivity contribution in [1.82, 2.24) is 5.32 Å². The van der Waals surface area contributed by atoms with Crippen LogP contribution in [-0.4, -0.2) is 11.7 Å². The molecule has 1 unspecified atom stereocenters. The molecule has 1 aromatic rings. The minimum atomic E-state index is 0.00386. The maximum absolute atomic E-state index is 12.9. The van der Waals surface area contributed by atoms with Gasteiger partial charge in [-0.05, 0) is 49.1 Å². The fourth-order valence-electron chi connectivity index (χ4n) is 4.56. The molecule has 1 aromatic carbocycles. The predicted molar refractivity (Wildman–Crippen MR) is 100 cm³/mol. The third-order valence-electron chi connectivity index (χ3n) is 6.13. The van der Waals surface area contributed by atoms with Crippen molar-refractivity contribution in [3.05, 3.63) is 35.4 Å². The Balaban J connectivity index is 1.69. The van der Waals surface area contributed by atoms with E-state index in [1.165, 1.54) is 11.1 Å². The summed E-state index contributed by atoms with van der Waals surface area (Å²) in [6, 6.07) is 8.63. The van der Waals surface area contributed by atoms with E-state index in [0.717, 1.165) is 38.5 Å². The zero-order chi connectivity index (χ0) is 18.0. The second-order valence-corrected chi connectivity index (χ2v) is 8.22. The Hall–Kier alpha value is -1.64. The monoisotopic (exact) mass is 341 g/mol. The lowest BCUT2D eigenvalue weighted by Crippen LogP contribution is -2.44. The SMILES string of the molecule is CCc1ccc([C@H](NC(=O)C2C[C@H]3CCC[C@@H](C2)C3=O)C(C)C)cc1. The van der Waals surface area contributed by atoms with E-state index in [1.54, 1.807) is 0 Å². The van der Waals surface area contributed by atoms with Crippen LogP contribution in [-0.2, 0) is 16.0 Å². The third-order valence-corrected chi connectivity index (χ3v) is 6.13. The highest BCUT2D eigenvalue weighted by Crippen LogP contribution is 2.40. The van der Waals surface area contributed by atoms with Crippen molar-refractivity contribution >= 4 is 11.7 Å². The number of carbonyl (C=O) groups excluding carboxylic acids is 2. The predicted octanol–water partition coefficient (Wildman–Crippen LogP) is 4.46. The molecule has 3 nitrogen and oxygen atoms in total. The molecule has 2 saturated carbocycles. The lowest BCUT2D eigenvalue weighted by Gasteiger charge is -2.37. The van der Waals surface area contributed by atoms with Crippen molar-refractivity contribution in [3.8, 4) is 0 Å². The summed E-state index contributed by atoms with van der Waals surface area (Å²) >= 11 is 0. The van der Waals surface area contributed by atoms with Gasteiger partial charge < -0.3 is 5.32 Å². The van der Waals surface area contributed by atoms with Gasteiger partial charge in [0, 0.05) is 17.8 Å². The van der Waals surface area contributed by atoms with Crippen LogP contribution in [0, 0.1) is 23.7 Å². The molecule has 1 amide bonds. The topological polar surface area (TPSA) is 46.2 Å². The molecule has 0 spiro atoms. The average Bonchev–Trinajstić information content (AvgIpc) is 2.59. The van der Waals surface area contributed by atoms with Gasteiger partial charge in [0.05, 0.1) is 6.04 Å². The summed E-state index contributed by atoms with van der Waals surface area (Å²) in [4.78, 5) is 25.2. The second kappa shape index (κ2) is 7.72. The standard InChI is InChI=1S/C22H31NO2/c1-4-15-8-10-16(11-9-15)20(14(2)3)23-22(25)19-12-17-6-5-7-18(13-19)21(17)24/h8-11,14,17-20H,4-7,12-13H2,1-3H3,(H,23,25)/t17-,18+,19?,20-/m1/s1. The summed E-state index contributed by atoms with van der Waals surface area (Å²) < 4.78 is 0. The summed E-state index contributed by atoms with van der Waals surface area (Å²) in [6.45, 7) is 6.45. The van der Waals surface area contributed by atoms with Gasteiger partial charge >= 0.3 is 0 Å². The number of hydrogen-bond donors (Lipinski definition) is 1. The van der Waals surface area contributed by atoms with Crippen LogP contribution in [0.15, 0.2) is 24.3 Å². The van der Waals surface area contributed by atoms with Crippen LogP contribution in [0.5, 0.6) is 0 Å². The zero-order valence-corrected chi connectivity index (χ0v) is 15.8. The van der Waals surface area contributed by atoms with Gasteiger partial charge in [0.1, 0.15) is 5.78 Å². The summed E-state index contributed by atoms with van der Waals surface area (Å²) in [7, 11) is 0. The van der Waals surface area contributed by atoms with E-state index in [2.05, 4.69) is 50.4 Å².